The Bertz CT molecular complexity index is 411. The van der Waals surface area contributed by atoms with Crippen LogP contribution in [0.25, 0.3) is 0 Å². The maximum atomic E-state index is 5.07. The van der Waals surface area contributed by atoms with Gasteiger partial charge in [0.2, 0.25) is 0 Å². The molecule has 0 bridgehead atoms. The third kappa shape index (κ3) is 2.89. The summed E-state index contributed by atoms with van der Waals surface area (Å²) >= 11 is 0. The first-order valence-electron chi connectivity index (χ1n) is 4.87. The molecule has 0 unspecified atom stereocenters. The third-order valence-electron chi connectivity index (χ3n) is 2.01. The second kappa shape index (κ2) is 4.70. The summed E-state index contributed by atoms with van der Waals surface area (Å²) in [6.45, 7) is 3.32. The molecule has 15 heavy (non-hydrogen) atoms. The normalized spacial score (nSPS) is 10.5. The molecule has 0 saturated carbocycles. The number of aromatic nitrogens is 2. The van der Waals surface area contributed by atoms with E-state index in [0.29, 0.717) is 6.54 Å². The van der Waals surface area contributed by atoms with Gasteiger partial charge in [0.25, 0.3) is 0 Å². The molecule has 2 aromatic heterocycles. The number of hydrogen-bond acceptors (Lipinski definition) is 4. The zero-order valence-electron chi connectivity index (χ0n) is 8.60. The highest BCUT2D eigenvalue weighted by Gasteiger charge is 1.99. The summed E-state index contributed by atoms with van der Waals surface area (Å²) in [4.78, 5) is 4.21. The number of pyridine rings is 1. The summed E-state index contributed by atoms with van der Waals surface area (Å²) in [5.41, 5.74) is 1.93. The van der Waals surface area contributed by atoms with Crippen molar-refractivity contribution in [3.8, 4) is 0 Å². The molecular weight excluding hydrogens is 190 g/mol. The van der Waals surface area contributed by atoms with Crippen LogP contribution in [-0.4, -0.2) is 10.1 Å². The van der Waals surface area contributed by atoms with Gasteiger partial charge in [-0.15, -0.1) is 0 Å². The van der Waals surface area contributed by atoms with E-state index >= 15 is 0 Å². The van der Waals surface area contributed by atoms with Crippen molar-refractivity contribution in [3.05, 3.63) is 47.6 Å². The van der Waals surface area contributed by atoms with Gasteiger partial charge in [-0.25, -0.2) is 0 Å². The van der Waals surface area contributed by atoms with Gasteiger partial charge in [0, 0.05) is 18.8 Å². The Hall–Kier alpha value is -1.68. The number of aryl methyl sites for hydroxylation is 1. The number of nitrogens with zero attached hydrogens (tertiary/aromatic N) is 2. The van der Waals surface area contributed by atoms with Gasteiger partial charge in [-0.3, -0.25) is 4.98 Å². The topological polar surface area (TPSA) is 51.0 Å². The predicted octanol–water partition coefficient (Wildman–Crippen LogP) is 1.67. The van der Waals surface area contributed by atoms with Crippen molar-refractivity contribution in [1.29, 1.82) is 0 Å². The quantitative estimate of drug-likeness (QED) is 0.821. The molecule has 0 fully saturated rings. The van der Waals surface area contributed by atoms with E-state index < -0.39 is 0 Å². The number of nitrogens with one attached hydrogen (secondary N) is 1. The first kappa shape index (κ1) is 9.86. The van der Waals surface area contributed by atoms with Crippen LogP contribution >= 0.6 is 0 Å². The van der Waals surface area contributed by atoms with Gasteiger partial charge < -0.3 is 9.84 Å². The third-order valence-corrected chi connectivity index (χ3v) is 2.01. The second-order valence-corrected chi connectivity index (χ2v) is 3.36. The van der Waals surface area contributed by atoms with Gasteiger partial charge in [-0.2, -0.15) is 0 Å². The second-order valence-electron chi connectivity index (χ2n) is 3.36. The minimum absolute atomic E-state index is 0.678. The highest BCUT2D eigenvalue weighted by atomic mass is 16.5. The molecule has 0 aliphatic heterocycles. The van der Waals surface area contributed by atoms with Crippen molar-refractivity contribution in [1.82, 2.24) is 15.5 Å². The lowest BCUT2D eigenvalue weighted by Crippen LogP contribution is -2.12. The summed E-state index contributed by atoms with van der Waals surface area (Å²) in [5.74, 6) is 0.850. The molecule has 0 aliphatic rings. The average molecular weight is 203 g/mol. The van der Waals surface area contributed by atoms with E-state index in [1.807, 2.05) is 31.2 Å². The first-order valence-corrected chi connectivity index (χ1v) is 4.87. The Morgan fingerprint density at radius 1 is 1.33 bits per heavy atom. The molecule has 0 amide bonds. The van der Waals surface area contributed by atoms with Crippen LogP contribution in [0, 0.1) is 6.92 Å². The molecule has 1 N–H and O–H groups in total. The molecule has 2 rings (SSSR count). The SMILES string of the molecule is Cc1cc(CNCc2ccccn2)on1. The van der Waals surface area contributed by atoms with Crippen LogP contribution in [0.1, 0.15) is 17.1 Å². The average Bonchev–Trinajstić information content (AvgIpc) is 2.66. The predicted molar refractivity (Wildman–Crippen MR) is 56.0 cm³/mol. The fraction of sp³-hybridized carbons (Fsp3) is 0.273. The van der Waals surface area contributed by atoms with Crippen LogP contribution < -0.4 is 5.32 Å². The van der Waals surface area contributed by atoms with Crippen molar-refractivity contribution >= 4 is 0 Å². The van der Waals surface area contributed by atoms with E-state index in [-0.39, 0.29) is 0 Å². The van der Waals surface area contributed by atoms with Crippen LogP contribution in [0.3, 0.4) is 0 Å². The van der Waals surface area contributed by atoms with Crippen molar-refractivity contribution in [3.63, 3.8) is 0 Å². The number of hydrogen-bond donors (Lipinski definition) is 1. The molecule has 0 aliphatic carbocycles. The van der Waals surface area contributed by atoms with Gasteiger partial charge >= 0.3 is 0 Å². The van der Waals surface area contributed by atoms with Crippen LogP contribution in [0.15, 0.2) is 35.0 Å². The maximum absolute atomic E-state index is 5.07. The van der Waals surface area contributed by atoms with Gasteiger partial charge in [0.05, 0.1) is 17.9 Å². The van der Waals surface area contributed by atoms with E-state index in [2.05, 4.69) is 15.5 Å². The standard InChI is InChI=1S/C11H13N3O/c1-9-6-11(15-14-9)8-12-7-10-4-2-3-5-13-10/h2-6,12H,7-8H2,1H3. The van der Waals surface area contributed by atoms with Crippen LogP contribution in [0.2, 0.25) is 0 Å². The number of rotatable bonds is 4. The van der Waals surface area contributed by atoms with Crippen molar-refractivity contribution in [2.75, 3.05) is 0 Å². The lowest BCUT2D eigenvalue weighted by Gasteiger charge is -2.00. The van der Waals surface area contributed by atoms with E-state index in [1.54, 1.807) is 6.20 Å². The Labute approximate surface area is 88.3 Å². The van der Waals surface area contributed by atoms with Crippen molar-refractivity contribution < 1.29 is 4.52 Å². The van der Waals surface area contributed by atoms with Gasteiger partial charge in [0.15, 0.2) is 5.76 Å². The molecule has 0 spiro atoms. The molecule has 2 heterocycles. The van der Waals surface area contributed by atoms with E-state index in [0.717, 1.165) is 23.7 Å². The zero-order chi connectivity index (χ0) is 10.5. The summed E-state index contributed by atoms with van der Waals surface area (Å²) in [6, 6.07) is 7.79. The Morgan fingerprint density at radius 3 is 2.93 bits per heavy atom. The van der Waals surface area contributed by atoms with Crippen LogP contribution in [-0.2, 0) is 13.1 Å². The van der Waals surface area contributed by atoms with Gasteiger partial charge in [0.1, 0.15) is 0 Å². The summed E-state index contributed by atoms with van der Waals surface area (Å²) in [6.07, 6.45) is 1.79. The fourth-order valence-electron chi connectivity index (χ4n) is 1.32. The molecule has 0 aromatic carbocycles. The molecule has 0 atom stereocenters. The monoisotopic (exact) mass is 203 g/mol. The zero-order valence-corrected chi connectivity index (χ0v) is 8.60. The van der Waals surface area contributed by atoms with Gasteiger partial charge in [-0.05, 0) is 19.1 Å². The fourth-order valence-corrected chi connectivity index (χ4v) is 1.32. The molecular formula is C11H13N3O. The summed E-state index contributed by atoms with van der Waals surface area (Å²) in [7, 11) is 0. The highest BCUT2D eigenvalue weighted by molar-refractivity contribution is 5.05. The van der Waals surface area contributed by atoms with E-state index in [9.17, 15) is 0 Å². The molecule has 78 valence electrons. The van der Waals surface area contributed by atoms with Crippen LogP contribution in [0.4, 0.5) is 0 Å². The Kier molecular flexibility index (Phi) is 3.09. The van der Waals surface area contributed by atoms with E-state index in [4.69, 9.17) is 4.52 Å². The molecule has 4 nitrogen and oxygen atoms in total. The molecule has 4 heteroatoms. The van der Waals surface area contributed by atoms with Crippen LogP contribution in [0.5, 0.6) is 0 Å². The molecule has 0 saturated heterocycles. The molecule has 0 radical (unpaired) electrons. The lowest BCUT2D eigenvalue weighted by atomic mass is 10.3. The van der Waals surface area contributed by atoms with E-state index in [1.165, 1.54) is 0 Å². The Balaban J connectivity index is 1.80. The summed E-state index contributed by atoms with van der Waals surface area (Å²) in [5, 5.41) is 7.05. The highest BCUT2D eigenvalue weighted by Crippen LogP contribution is 2.01. The molecule has 2 aromatic rings. The minimum atomic E-state index is 0.678. The first-order chi connectivity index (χ1) is 7.34. The minimum Gasteiger partial charge on any atom is -0.360 e. The summed E-state index contributed by atoms with van der Waals surface area (Å²) < 4.78 is 5.07. The Morgan fingerprint density at radius 2 is 2.27 bits per heavy atom. The maximum Gasteiger partial charge on any atom is 0.150 e. The lowest BCUT2D eigenvalue weighted by molar-refractivity contribution is 0.369. The van der Waals surface area contributed by atoms with Gasteiger partial charge in [-0.1, -0.05) is 11.2 Å². The van der Waals surface area contributed by atoms with Crippen molar-refractivity contribution in [2.24, 2.45) is 0 Å². The van der Waals surface area contributed by atoms with Crippen molar-refractivity contribution in [2.45, 2.75) is 20.0 Å². The largest absolute Gasteiger partial charge is 0.360 e. The smallest absolute Gasteiger partial charge is 0.150 e.